The Morgan fingerprint density at radius 3 is 2.46 bits per heavy atom. The number of benzene rings is 1. The van der Waals surface area contributed by atoms with Crippen LogP contribution in [0.15, 0.2) is 23.1 Å². The molecule has 1 rings (SSSR count). The van der Waals surface area contributed by atoms with E-state index in [0.29, 0.717) is 4.90 Å². The number of rotatable bonds is 7. The number of ether oxygens (including phenoxy) is 1. The van der Waals surface area contributed by atoms with E-state index in [1.807, 2.05) is 6.07 Å². The van der Waals surface area contributed by atoms with Gasteiger partial charge in [0.2, 0.25) is 0 Å². The van der Waals surface area contributed by atoms with Gasteiger partial charge in [0.05, 0.1) is 21.5 Å². The van der Waals surface area contributed by atoms with Crippen molar-refractivity contribution in [1.29, 1.82) is 5.26 Å². The predicted octanol–water partition coefficient (Wildman–Crippen LogP) is 2.92. The van der Waals surface area contributed by atoms with Crippen molar-refractivity contribution in [3.05, 3.63) is 33.9 Å². The minimum atomic E-state index is -1.16. The van der Waals surface area contributed by atoms with Gasteiger partial charge in [-0.05, 0) is 38.2 Å². The smallest absolute Gasteiger partial charge is 0.339 e. The Balaban J connectivity index is 2.91. The molecular weight excluding hydrogens is 358 g/mol. The maximum atomic E-state index is 12.2. The minimum absolute atomic E-state index is 0.0268. The van der Waals surface area contributed by atoms with Crippen molar-refractivity contribution in [2.75, 3.05) is 6.26 Å². The van der Waals surface area contributed by atoms with Crippen molar-refractivity contribution in [1.82, 2.24) is 5.32 Å². The number of thioether (sulfide) groups is 1. The second-order valence-electron chi connectivity index (χ2n) is 6.15. The number of amides is 1. The number of hydrogen-bond acceptors (Lipinski definition) is 7. The molecule has 0 heterocycles. The normalized spacial score (nSPS) is 14.0. The highest BCUT2D eigenvalue weighted by atomic mass is 32.2. The molecule has 1 aromatic carbocycles. The molecule has 9 heteroatoms. The second-order valence-corrected chi connectivity index (χ2v) is 7.00. The van der Waals surface area contributed by atoms with Gasteiger partial charge in [-0.25, -0.2) is 4.79 Å². The van der Waals surface area contributed by atoms with E-state index in [1.54, 1.807) is 27.0 Å². The molecule has 8 nitrogen and oxygen atoms in total. The van der Waals surface area contributed by atoms with E-state index in [0.717, 1.165) is 6.07 Å². The number of nitriles is 1. The van der Waals surface area contributed by atoms with Crippen LogP contribution in [0.4, 0.5) is 5.69 Å². The van der Waals surface area contributed by atoms with E-state index in [2.05, 4.69) is 5.32 Å². The van der Waals surface area contributed by atoms with Crippen LogP contribution in [0.2, 0.25) is 0 Å². The molecule has 0 bridgehead atoms. The van der Waals surface area contributed by atoms with Crippen LogP contribution in [0.25, 0.3) is 0 Å². The molecule has 0 aliphatic carbocycles. The van der Waals surface area contributed by atoms with Crippen LogP contribution in [0.3, 0.4) is 0 Å². The quantitative estimate of drug-likeness (QED) is 0.334. The van der Waals surface area contributed by atoms with Gasteiger partial charge < -0.3 is 10.1 Å². The van der Waals surface area contributed by atoms with Crippen LogP contribution in [-0.2, 0) is 9.53 Å². The molecule has 0 radical (unpaired) electrons. The molecule has 0 spiro atoms. The maximum absolute atomic E-state index is 12.2. The van der Waals surface area contributed by atoms with Crippen molar-refractivity contribution >= 4 is 29.3 Å². The molecule has 1 amide bonds. The summed E-state index contributed by atoms with van der Waals surface area (Å²) in [5.74, 6) is -1.63. The van der Waals surface area contributed by atoms with Crippen LogP contribution in [0.5, 0.6) is 0 Å². The molecule has 0 aromatic heterocycles. The van der Waals surface area contributed by atoms with E-state index < -0.39 is 28.4 Å². The van der Waals surface area contributed by atoms with Crippen molar-refractivity contribution in [3.63, 3.8) is 0 Å². The third kappa shape index (κ3) is 4.95. The van der Waals surface area contributed by atoms with Gasteiger partial charge in [-0.3, -0.25) is 14.9 Å². The summed E-state index contributed by atoms with van der Waals surface area (Å²) in [7, 11) is 0. The Labute approximate surface area is 156 Å². The van der Waals surface area contributed by atoms with Gasteiger partial charge in [-0.2, -0.15) is 5.26 Å². The van der Waals surface area contributed by atoms with Crippen LogP contribution >= 0.6 is 11.8 Å². The fraction of sp³-hybridized carbons (Fsp3) is 0.471. The first-order valence-corrected chi connectivity index (χ1v) is 9.04. The average Bonchev–Trinajstić information content (AvgIpc) is 2.60. The summed E-state index contributed by atoms with van der Waals surface area (Å²) in [6.45, 7) is 6.52. The molecule has 0 fully saturated rings. The maximum Gasteiger partial charge on any atom is 0.339 e. The molecule has 2 atom stereocenters. The number of carbonyl (C=O) groups excluding carboxylic acids is 2. The number of nitro groups is 1. The topological polar surface area (TPSA) is 122 Å². The summed E-state index contributed by atoms with van der Waals surface area (Å²) in [5.41, 5.74) is -1.33. The van der Waals surface area contributed by atoms with Gasteiger partial charge in [0, 0.05) is 6.07 Å². The van der Waals surface area contributed by atoms with E-state index in [9.17, 15) is 25.0 Å². The van der Waals surface area contributed by atoms with Gasteiger partial charge in [-0.1, -0.05) is 13.8 Å². The fourth-order valence-corrected chi connectivity index (χ4v) is 2.45. The first kappa shape index (κ1) is 21.4. The Morgan fingerprint density at radius 1 is 1.38 bits per heavy atom. The number of carbonyl (C=O) groups is 2. The van der Waals surface area contributed by atoms with Crippen LogP contribution < -0.4 is 5.32 Å². The minimum Gasteiger partial charge on any atom is -0.449 e. The molecule has 0 aliphatic heterocycles. The van der Waals surface area contributed by atoms with Crippen LogP contribution in [0, 0.1) is 27.4 Å². The molecule has 26 heavy (non-hydrogen) atoms. The zero-order valence-electron chi connectivity index (χ0n) is 15.2. The van der Waals surface area contributed by atoms with Crippen molar-refractivity contribution in [2.45, 2.75) is 44.2 Å². The van der Waals surface area contributed by atoms with Gasteiger partial charge >= 0.3 is 5.97 Å². The number of nitrogens with one attached hydrogen (secondary N) is 1. The summed E-state index contributed by atoms with van der Waals surface area (Å²) in [6, 6.07) is 6.01. The summed E-state index contributed by atoms with van der Waals surface area (Å²) in [6.07, 6.45) is 0.529. The summed E-state index contributed by atoms with van der Waals surface area (Å²) in [4.78, 5) is 35.3. The molecule has 1 aromatic rings. The second kappa shape index (κ2) is 8.67. The summed E-state index contributed by atoms with van der Waals surface area (Å²) >= 11 is 1.19. The number of nitrogens with zero attached hydrogens (tertiary/aromatic N) is 2. The standard InChI is InChI=1S/C17H21N3O5S/c1-10(2)17(4,9-18)19-15(21)11(3)25-16(22)12-6-7-14(26-5)13(8-12)20(23)24/h6-8,10-11H,1-5H3,(H,19,21)/t11-,17-/m1/s1. The third-order valence-corrected chi connectivity index (χ3v) is 4.82. The highest BCUT2D eigenvalue weighted by molar-refractivity contribution is 7.98. The summed E-state index contributed by atoms with van der Waals surface area (Å²) in [5, 5.41) is 22.9. The zero-order chi connectivity index (χ0) is 20.1. The van der Waals surface area contributed by atoms with E-state index in [1.165, 1.54) is 30.8 Å². The zero-order valence-corrected chi connectivity index (χ0v) is 16.0. The van der Waals surface area contributed by atoms with Crippen molar-refractivity contribution < 1.29 is 19.2 Å². The lowest BCUT2D eigenvalue weighted by molar-refractivity contribution is -0.387. The molecule has 0 saturated heterocycles. The molecule has 0 saturated carbocycles. The monoisotopic (exact) mass is 379 g/mol. The van der Waals surface area contributed by atoms with E-state index in [-0.39, 0.29) is 17.2 Å². The molecule has 0 unspecified atom stereocenters. The average molecular weight is 379 g/mol. The molecular formula is C17H21N3O5S. The van der Waals surface area contributed by atoms with Crippen LogP contribution in [0.1, 0.15) is 38.1 Å². The van der Waals surface area contributed by atoms with Gasteiger partial charge in [-0.15, -0.1) is 11.8 Å². The Kier molecular flexibility index (Phi) is 7.15. The SMILES string of the molecule is CSc1ccc(C(=O)O[C@H](C)C(=O)N[C@](C)(C#N)C(C)C)cc1[N+](=O)[O-]. The molecule has 1 N–H and O–H groups in total. The highest BCUT2D eigenvalue weighted by Crippen LogP contribution is 2.28. The fourth-order valence-electron chi connectivity index (χ4n) is 1.90. The highest BCUT2D eigenvalue weighted by Gasteiger charge is 2.32. The lowest BCUT2D eigenvalue weighted by Gasteiger charge is -2.28. The van der Waals surface area contributed by atoms with Gasteiger partial charge in [0.15, 0.2) is 6.10 Å². The lowest BCUT2D eigenvalue weighted by atomic mass is 9.90. The van der Waals surface area contributed by atoms with E-state index in [4.69, 9.17) is 4.74 Å². The van der Waals surface area contributed by atoms with Crippen molar-refractivity contribution in [2.24, 2.45) is 5.92 Å². The number of nitro benzene ring substituents is 1. The lowest BCUT2D eigenvalue weighted by Crippen LogP contribution is -2.52. The number of hydrogen-bond donors (Lipinski definition) is 1. The Morgan fingerprint density at radius 2 is 2.00 bits per heavy atom. The molecule has 140 valence electrons. The first-order valence-electron chi connectivity index (χ1n) is 7.82. The van der Waals surface area contributed by atoms with Gasteiger partial charge in [0.1, 0.15) is 5.54 Å². The Bertz CT molecular complexity index is 759. The largest absolute Gasteiger partial charge is 0.449 e. The first-order chi connectivity index (χ1) is 12.1. The Hall–Kier alpha value is -2.60. The predicted molar refractivity (Wildman–Crippen MR) is 96.8 cm³/mol. The summed E-state index contributed by atoms with van der Waals surface area (Å²) < 4.78 is 5.09. The van der Waals surface area contributed by atoms with Gasteiger partial charge in [0.25, 0.3) is 11.6 Å². The van der Waals surface area contributed by atoms with Crippen LogP contribution in [-0.4, -0.2) is 34.7 Å². The van der Waals surface area contributed by atoms with Crippen molar-refractivity contribution in [3.8, 4) is 6.07 Å². The number of esters is 1. The molecule has 0 aliphatic rings. The third-order valence-electron chi connectivity index (χ3n) is 4.03. The van der Waals surface area contributed by atoms with E-state index >= 15 is 0 Å².